The van der Waals surface area contributed by atoms with Crippen LogP contribution in [0.5, 0.6) is 0 Å². The van der Waals surface area contributed by atoms with Crippen molar-refractivity contribution in [3.63, 3.8) is 0 Å². The molecule has 5 nitrogen and oxygen atoms in total. The quantitative estimate of drug-likeness (QED) is 0.852. The Kier molecular flexibility index (Phi) is 3.01. The van der Waals surface area contributed by atoms with Crippen LogP contribution in [-0.2, 0) is 9.84 Å². The van der Waals surface area contributed by atoms with E-state index in [0.29, 0.717) is 12.3 Å². The second-order valence-corrected chi connectivity index (χ2v) is 5.69. The zero-order valence-corrected chi connectivity index (χ0v) is 10.3. The summed E-state index contributed by atoms with van der Waals surface area (Å²) < 4.78 is 67.9. The Balaban J connectivity index is 2.80. The van der Waals surface area contributed by atoms with E-state index in [0.717, 1.165) is 6.20 Å². The molecule has 0 saturated carbocycles. The largest absolute Gasteiger partial charge is 0.367 e. The first-order valence-electron chi connectivity index (χ1n) is 4.81. The van der Waals surface area contributed by atoms with Gasteiger partial charge < -0.3 is 10.3 Å². The first kappa shape index (κ1) is 13.4. The molecule has 2 N–H and O–H groups in total. The third-order valence-electron chi connectivity index (χ3n) is 2.38. The Morgan fingerprint density at radius 2 is 1.84 bits per heavy atom. The summed E-state index contributed by atoms with van der Waals surface area (Å²) in [5.41, 5.74) is 4.57. The summed E-state index contributed by atoms with van der Waals surface area (Å²) >= 11 is 0. The van der Waals surface area contributed by atoms with Crippen molar-refractivity contribution in [1.82, 2.24) is 5.16 Å². The van der Waals surface area contributed by atoms with Gasteiger partial charge in [0.25, 0.3) is 0 Å². The lowest BCUT2D eigenvalue weighted by Crippen LogP contribution is -2.08. The van der Waals surface area contributed by atoms with Crippen LogP contribution in [0.1, 0.15) is 0 Å². The molecule has 0 radical (unpaired) electrons. The Labute approximate surface area is 105 Å². The van der Waals surface area contributed by atoms with Gasteiger partial charge in [-0.15, -0.1) is 0 Å². The number of nitrogen functional groups attached to an aromatic ring is 1. The van der Waals surface area contributed by atoms with Gasteiger partial charge in [0.15, 0.2) is 21.5 Å². The predicted octanol–water partition coefficient (Wildman–Crippen LogP) is 1.74. The first-order valence-corrected chi connectivity index (χ1v) is 6.70. The lowest BCUT2D eigenvalue weighted by molar-refractivity contribution is 0.436. The minimum Gasteiger partial charge on any atom is -0.367 e. The van der Waals surface area contributed by atoms with Crippen LogP contribution in [0.25, 0.3) is 11.1 Å². The van der Waals surface area contributed by atoms with Gasteiger partial charge in [-0.3, -0.25) is 0 Å². The number of hydrogen-bond acceptors (Lipinski definition) is 5. The zero-order chi connectivity index (χ0) is 14.4. The number of anilines is 1. The summed E-state index contributed by atoms with van der Waals surface area (Å²) in [6.07, 6.45) is 1.54. The van der Waals surface area contributed by atoms with E-state index in [-0.39, 0.29) is 11.4 Å². The molecule has 19 heavy (non-hydrogen) atoms. The zero-order valence-electron chi connectivity index (χ0n) is 9.45. The highest BCUT2D eigenvalue weighted by molar-refractivity contribution is 7.90. The van der Waals surface area contributed by atoms with Crippen LogP contribution in [0.3, 0.4) is 0 Å². The highest BCUT2D eigenvalue weighted by Crippen LogP contribution is 2.33. The molecule has 0 atom stereocenters. The number of sulfone groups is 1. The smallest absolute Gasteiger partial charge is 0.230 e. The molecule has 0 aliphatic carbocycles. The van der Waals surface area contributed by atoms with Crippen molar-refractivity contribution in [2.75, 3.05) is 12.0 Å². The minimum absolute atomic E-state index is 0.171. The molecule has 2 rings (SSSR count). The SMILES string of the molecule is CS(=O)(=O)c1c(F)cc(-c2cnoc2N)c(F)c1F. The fraction of sp³-hybridized carbons (Fsp3) is 0.100. The molecule has 9 heteroatoms. The Hall–Kier alpha value is -2.03. The van der Waals surface area contributed by atoms with Crippen molar-refractivity contribution in [3.8, 4) is 11.1 Å². The van der Waals surface area contributed by atoms with Gasteiger partial charge in [-0.1, -0.05) is 5.16 Å². The molecule has 1 aromatic heterocycles. The number of rotatable bonds is 2. The second kappa shape index (κ2) is 4.26. The van der Waals surface area contributed by atoms with E-state index in [1.54, 1.807) is 0 Å². The van der Waals surface area contributed by atoms with Crippen molar-refractivity contribution < 1.29 is 26.1 Å². The number of nitrogens with two attached hydrogens (primary N) is 1. The van der Waals surface area contributed by atoms with Gasteiger partial charge in [0.2, 0.25) is 5.88 Å². The van der Waals surface area contributed by atoms with Gasteiger partial charge in [-0.05, 0) is 6.07 Å². The molecule has 1 heterocycles. The predicted molar refractivity (Wildman–Crippen MR) is 59.3 cm³/mol. The molecule has 0 aliphatic rings. The molecule has 2 aromatic rings. The molecule has 0 amide bonds. The van der Waals surface area contributed by atoms with Crippen LogP contribution < -0.4 is 5.73 Å². The third-order valence-corrected chi connectivity index (χ3v) is 3.49. The summed E-state index contributed by atoms with van der Waals surface area (Å²) in [6, 6.07) is 0.525. The molecule has 0 bridgehead atoms. The van der Waals surface area contributed by atoms with E-state index < -0.39 is 37.7 Å². The van der Waals surface area contributed by atoms with E-state index in [9.17, 15) is 21.6 Å². The van der Waals surface area contributed by atoms with E-state index in [1.165, 1.54) is 0 Å². The second-order valence-electron chi connectivity index (χ2n) is 3.74. The summed E-state index contributed by atoms with van der Waals surface area (Å²) in [7, 11) is -4.24. The molecule has 0 aliphatic heterocycles. The molecular formula is C10H7F3N2O3S. The number of nitrogens with zero attached hydrogens (tertiary/aromatic N) is 1. The number of benzene rings is 1. The lowest BCUT2D eigenvalue weighted by Gasteiger charge is -2.07. The van der Waals surface area contributed by atoms with E-state index in [4.69, 9.17) is 5.73 Å². The average molecular weight is 292 g/mol. The lowest BCUT2D eigenvalue weighted by atomic mass is 10.1. The van der Waals surface area contributed by atoms with Crippen LogP contribution in [0.2, 0.25) is 0 Å². The highest BCUT2D eigenvalue weighted by Gasteiger charge is 2.27. The minimum atomic E-state index is -4.24. The van der Waals surface area contributed by atoms with Crippen LogP contribution >= 0.6 is 0 Å². The number of halogens is 3. The van der Waals surface area contributed by atoms with Crippen LogP contribution in [0, 0.1) is 17.5 Å². The van der Waals surface area contributed by atoms with E-state index in [2.05, 4.69) is 9.68 Å². The molecule has 0 fully saturated rings. The summed E-state index contributed by atoms with van der Waals surface area (Å²) in [5, 5.41) is 3.24. The topological polar surface area (TPSA) is 86.2 Å². The fourth-order valence-electron chi connectivity index (χ4n) is 1.57. The van der Waals surface area contributed by atoms with Gasteiger partial charge in [-0.25, -0.2) is 21.6 Å². The van der Waals surface area contributed by atoms with Crippen LogP contribution in [-0.4, -0.2) is 19.8 Å². The maximum Gasteiger partial charge on any atom is 0.230 e. The van der Waals surface area contributed by atoms with Crippen molar-refractivity contribution >= 4 is 15.7 Å². The molecule has 0 spiro atoms. The van der Waals surface area contributed by atoms with Crippen LogP contribution in [0.15, 0.2) is 21.7 Å². The normalized spacial score (nSPS) is 11.8. The number of hydrogen-bond donors (Lipinski definition) is 1. The van der Waals surface area contributed by atoms with Crippen molar-refractivity contribution in [2.24, 2.45) is 0 Å². The van der Waals surface area contributed by atoms with E-state index >= 15 is 0 Å². The average Bonchev–Trinajstić information content (AvgIpc) is 2.68. The van der Waals surface area contributed by atoms with Gasteiger partial charge >= 0.3 is 0 Å². The Morgan fingerprint density at radius 1 is 1.21 bits per heavy atom. The maximum atomic E-state index is 13.8. The van der Waals surface area contributed by atoms with Crippen molar-refractivity contribution in [1.29, 1.82) is 0 Å². The van der Waals surface area contributed by atoms with Gasteiger partial charge in [0.05, 0.1) is 11.8 Å². The summed E-state index contributed by atoms with van der Waals surface area (Å²) in [5.74, 6) is -5.11. The Morgan fingerprint density at radius 3 is 2.32 bits per heavy atom. The van der Waals surface area contributed by atoms with Gasteiger partial charge in [0.1, 0.15) is 10.7 Å². The number of aromatic nitrogens is 1. The third kappa shape index (κ3) is 2.16. The monoisotopic (exact) mass is 292 g/mol. The van der Waals surface area contributed by atoms with Gasteiger partial charge in [-0.2, -0.15) is 0 Å². The summed E-state index contributed by atoms with van der Waals surface area (Å²) in [6.45, 7) is 0. The van der Waals surface area contributed by atoms with Crippen LogP contribution in [0.4, 0.5) is 19.1 Å². The van der Waals surface area contributed by atoms with Crippen molar-refractivity contribution in [2.45, 2.75) is 4.90 Å². The highest BCUT2D eigenvalue weighted by atomic mass is 32.2. The Bertz CT molecular complexity index is 756. The fourth-order valence-corrected chi connectivity index (χ4v) is 2.39. The molecular weight excluding hydrogens is 285 g/mol. The molecule has 0 unspecified atom stereocenters. The van der Waals surface area contributed by atoms with Crippen molar-refractivity contribution in [3.05, 3.63) is 29.7 Å². The maximum absolute atomic E-state index is 13.8. The summed E-state index contributed by atoms with van der Waals surface area (Å²) in [4.78, 5) is -1.33. The van der Waals surface area contributed by atoms with E-state index in [1.807, 2.05) is 0 Å². The molecule has 102 valence electrons. The van der Waals surface area contributed by atoms with Gasteiger partial charge in [0, 0.05) is 11.8 Å². The first-order chi connectivity index (χ1) is 8.73. The standard InChI is InChI=1S/C10H7F3N2O3S/c1-19(16,17)9-6(11)2-4(7(12)8(9)13)5-3-15-18-10(5)14/h2-3H,14H2,1H3. The molecule has 0 saturated heterocycles. The molecule has 1 aromatic carbocycles.